The maximum absolute atomic E-state index is 12.1. The minimum absolute atomic E-state index is 0.0469. The van der Waals surface area contributed by atoms with Crippen molar-refractivity contribution in [3.63, 3.8) is 0 Å². The molecule has 0 aromatic heterocycles. The lowest BCUT2D eigenvalue weighted by Crippen LogP contribution is -2.37. The summed E-state index contributed by atoms with van der Waals surface area (Å²) in [5.41, 5.74) is 0.882. The molecular weight excluding hydrogens is 400 g/mol. The Labute approximate surface area is 147 Å². The minimum Gasteiger partial charge on any atom is -0.316 e. The lowest BCUT2D eigenvalue weighted by molar-refractivity contribution is -0.118. The Hall–Kier alpha value is -0.860. The number of sulfone groups is 1. The normalized spacial score (nSPS) is 30.7. The minimum atomic E-state index is -3.02. The van der Waals surface area contributed by atoms with Crippen molar-refractivity contribution in [1.29, 1.82) is 0 Å². The second-order valence-electron chi connectivity index (χ2n) is 6.15. The van der Waals surface area contributed by atoms with E-state index in [0.29, 0.717) is 5.17 Å². The fourth-order valence-corrected chi connectivity index (χ4v) is 7.17. The SMILES string of the molecule is O=C(N=C1SC2CS(=O)(=O)CC2N1c1ccc(Br)cc1)C1CC1. The first-order valence-corrected chi connectivity index (χ1v) is 11.0. The van der Waals surface area contributed by atoms with Crippen molar-refractivity contribution < 1.29 is 13.2 Å². The maximum Gasteiger partial charge on any atom is 0.251 e. The Morgan fingerprint density at radius 2 is 1.91 bits per heavy atom. The molecule has 8 heteroatoms. The van der Waals surface area contributed by atoms with Crippen LogP contribution in [-0.4, -0.2) is 42.3 Å². The molecule has 1 aliphatic carbocycles. The molecule has 1 aromatic carbocycles. The van der Waals surface area contributed by atoms with Gasteiger partial charge in [0.15, 0.2) is 15.0 Å². The van der Waals surface area contributed by atoms with Gasteiger partial charge in [0.25, 0.3) is 5.91 Å². The molecule has 2 atom stereocenters. The standard InChI is InChI=1S/C15H15BrN2O3S2/c16-10-3-5-11(6-4-10)18-12-7-23(20,21)8-13(12)22-15(18)17-14(19)9-1-2-9/h3-6,9,12-13H,1-2,7-8H2. The van der Waals surface area contributed by atoms with Gasteiger partial charge in [0.1, 0.15) is 0 Å². The molecule has 122 valence electrons. The van der Waals surface area contributed by atoms with Crippen LogP contribution in [0.1, 0.15) is 12.8 Å². The molecule has 2 saturated heterocycles. The highest BCUT2D eigenvalue weighted by molar-refractivity contribution is 9.10. The summed E-state index contributed by atoms with van der Waals surface area (Å²) in [7, 11) is -3.02. The van der Waals surface area contributed by atoms with Crippen LogP contribution in [0.4, 0.5) is 5.69 Å². The van der Waals surface area contributed by atoms with Gasteiger partial charge in [0, 0.05) is 21.3 Å². The highest BCUT2D eigenvalue weighted by Gasteiger charge is 2.49. The Morgan fingerprint density at radius 1 is 1.22 bits per heavy atom. The van der Waals surface area contributed by atoms with E-state index < -0.39 is 9.84 Å². The number of thioether (sulfide) groups is 1. The van der Waals surface area contributed by atoms with Gasteiger partial charge in [-0.25, -0.2) is 8.42 Å². The molecule has 0 bridgehead atoms. The van der Waals surface area contributed by atoms with Crippen molar-refractivity contribution in [2.24, 2.45) is 10.9 Å². The van der Waals surface area contributed by atoms with E-state index in [1.807, 2.05) is 29.2 Å². The van der Waals surface area contributed by atoms with E-state index in [1.165, 1.54) is 11.8 Å². The molecule has 23 heavy (non-hydrogen) atoms. The van der Waals surface area contributed by atoms with Gasteiger partial charge in [0.05, 0.1) is 17.5 Å². The lowest BCUT2D eigenvalue weighted by Gasteiger charge is -2.24. The van der Waals surface area contributed by atoms with Crippen LogP contribution in [0, 0.1) is 5.92 Å². The second kappa shape index (κ2) is 5.60. The Morgan fingerprint density at radius 3 is 2.57 bits per heavy atom. The largest absolute Gasteiger partial charge is 0.316 e. The monoisotopic (exact) mass is 414 g/mol. The van der Waals surface area contributed by atoms with Crippen molar-refractivity contribution in [3.05, 3.63) is 28.7 Å². The zero-order chi connectivity index (χ0) is 16.2. The highest BCUT2D eigenvalue weighted by atomic mass is 79.9. The summed E-state index contributed by atoms with van der Waals surface area (Å²) >= 11 is 4.84. The fraction of sp³-hybridized carbons (Fsp3) is 0.467. The number of amides is 1. The van der Waals surface area contributed by atoms with Gasteiger partial charge in [0.2, 0.25) is 0 Å². The molecule has 1 amide bonds. The highest BCUT2D eigenvalue weighted by Crippen LogP contribution is 2.41. The number of hydrogen-bond donors (Lipinski definition) is 0. The summed E-state index contributed by atoms with van der Waals surface area (Å²) in [5, 5.41) is 0.600. The predicted molar refractivity (Wildman–Crippen MR) is 95.6 cm³/mol. The number of aliphatic imine (C=N–C) groups is 1. The number of carbonyl (C=O) groups excluding carboxylic acids is 1. The molecule has 0 spiro atoms. The third kappa shape index (κ3) is 3.08. The van der Waals surface area contributed by atoms with Crippen molar-refractivity contribution in [1.82, 2.24) is 0 Å². The first kappa shape index (κ1) is 15.7. The smallest absolute Gasteiger partial charge is 0.251 e. The van der Waals surface area contributed by atoms with Crippen LogP contribution in [0.2, 0.25) is 0 Å². The van der Waals surface area contributed by atoms with Crippen LogP contribution >= 0.6 is 27.7 Å². The number of halogens is 1. The number of hydrogen-bond acceptors (Lipinski definition) is 4. The van der Waals surface area contributed by atoms with E-state index in [9.17, 15) is 13.2 Å². The molecular formula is C15H15BrN2O3S2. The summed E-state index contributed by atoms with van der Waals surface area (Å²) in [6.07, 6.45) is 1.83. The van der Waals surface area contributed by atoms with E-state index in [-0.39, 0.29) is 34.6 Å². The van der Waals surface area contributed by atoms with Gasteiger partial charge in [-0.15, -0.1) is 0 Å². The van der Waals surface area contributed by atoms with Crippen LogP contribution in [0.15, 0.2) is 33.7 Å². The van der Waals surface area contributed by atoms with Crippen LogP contribution in [0.3, 0.4) is 0 Å². The van der Waals surface area contributed by atoms with Gasteiger partial charge in [-0.05, 0) is 37.1 Å². The first-order valence-electron chi connectivity index (χ1n) is 7.47. The quantitative estimate of drug-likeness (QED) is 0.743. The molecule has 2 heterocycles. The maximum atomic E-state index is 12.1. The van der Waals surface area contributed by atoms with E-state index in [4.69, 9.17) is 0 Å². The number of fused-ring (bicyclic) bond motifs is 1. The average Bonchev–Trinajstić information content (AvgIpc) is 3.22. The van der Waals surface area contributed by atoms with Crippen molar-refractivity contribution in [2.75, 3.05) is 16.4 Å². The molecule has 4 rings (SSSR count). The third-order valence-electron chi connectivity index (χ3n) is 4.30. The second-order valence-corrected chi connectivity index (χ2v) is 10.4. The van der Waals surface area contributed by atoms with Gasteiger partial charge in [-0.1, -0.05) is 27.7 Å². The first-order chi connectivity index (χ1) is 10.9. The number of amidine groups is 1. The number of nitrogens with zero attached hydrogens (tertiary/aromatic N) is 2. The molecule has 1 saturated carbocycles. The molecule has 0 radical (unpaired) electrons. The zero-order valence-electron chi connectivity index (χ0n) is 12.2. The number of rotatable bonds is 2. The van der Waals surface area contributed by atoms with Gasteiger partial charge in [-0.2, -0.15) is 4.99 Å². The van der Waals surface area contributed by atoms with Crippen LogP contribution in [0.25, 0.3) is 0 Å². The Balaban J connectivity index is 1.71. The summed E-state index contributed by atoms with van der Waals surface area (Å²) in [6.45, 7) is 0. The van der Waals surface area contributed by atoms with E-state index in [0.717, 1.165) is 23.0 Å². The van der Waals surface area contributed by atoms with Gasteiger partial charge < -0.3 is 4.90 Å². The lowest BCUT2D eigenvalue weighted by atomic mass is 10.2. The summed E-state index contributed by atoms with van der Waals surface area (Å²) < 4.78 is 24.9. The Kier molecular flexibility index (Phi) is 3.81. The van der Waals surface area contributed by atoms with E-state index >= 15 is 0 Å². The molecule has 3 aliphatic rings. The van der Waals surface area contributed by atoms with E-state index in [1.54, 1.807) is 0 Å². The molecule has 2 aliphatic heterocycles. The van der Waals surface area contributed by atoms with E-state index in [2.05, 4.69) is 20.9 Å². The van der Waals surface area contributed by atoms with Crippen molar-refractivity contribution >= 4 is 54.3 Å². The Bertz CT molecular complexity index is 787. The topological polar surface area (TPSA) is 66.8 Å². The summed E-state index contributed by atoms with van der Waals surface area (Å²) in [6, 6.07) is 7.54. The predicted octanol–water partition coefficient (Wildman–Crippen LogP) is 2.46. The third-order valence-corrected chi connectivity index (χ3v) is 8.04. The van der Waals surface area contributed by atoms with Crippen molar-refractivity contribution in [3.8, 4) is 0 Å². The van der Waals surface area contributed by atoms with Crippen LogP contribution in [-0.2, 0) is 14.6 Å². The summed E-state index contributed by atoms with van der Waals surface area (Å²) in [5.74, 6) is 0.278. The fourth-order valence-electron chi connectivity index (χ4n) is 2.98. The van der Waals surface area contributed by atoms with Crippen LogP contribution < -0.4 is 4.90 Å². The molecule has 1 aromatic rings. The number of anilines is 1. The van der Waals surface area contributed by atoms with Crippen LogP contribution in [0.5, 0.6) is 0 Å². The molecule has 3 fully saturated rings. The number of benzene rings is 1. The molecule has 0 N–H and O–H groups in total. The van der Waals surface area contributed by atoms with Crippen molar-refractivity contribution in [2.45, 2.75) is 24.1 Å². The molecule has 5 nitrogen and oxygen atoms in total. The zero-order valence-corrected chi connectivity index (χ0v) is 15.4. The van der Waals surface area contributed by atoms with Gasteiger partial charge in [-0.3, -0.25) is 4.79 Å². The molecule has 2 unspecified atom stereocenters. The summed E-state index contributed by atoms with van der Waals surface area (Å²) in [4.78, 5) is 18.3. The average molecular weight is 415 g/mol. The number of carbonyl (C=O) groups is 1. The van der Waals surface area contributed by atoms with Gasteiger partial charge >= 0.3 is 0 Å².